The smallest absolute Gasteiger partial charge is 0.416 e. The largest absolute Gasteiger partial charge is 0.460 e. The third kappa shape index (κ3) is 18.8. The predicted octanol–water partition coefficient (Wildman–Crippen LogP) is 10.1. The van der Waals surface area contributed by atoms with E-state index in [1.807, 2.05) is 0 Å². The van der Waals surface area contributed by atoms with Crippen LogP contribution in [0.5, 0.6) is 0 Å². The van der Waals surface area contributed by atoms with Crippen LogP contribution >= 0.6 is 0 Å². The molecule has 0 aromatic heterocycles. The molecule has 0 saturated heterocycles. The molecule has 9 heteroatoms. The van der Waals surface area contributed by atoms with Gasteiger partial charge in [0.05, 0.1) is 49.8 Å². The highest BCUT2D eigenvalue weighted by molar-refractivity contribution is 5.96. The minimum Gasteiger partial charge on any atom is -0.460 e. The van der Waals surface area contributed by atoms with E-state index in [2.05, 4.69) is 12.2 Å². The van der Waals surface area contributed by atoms with Crippen molar-refractivity contribution < 1.29 is 36.9 Å². The first-order chi connectivity index (χ1) is 21.9. The average molecular weight is 638 g/mol. The van der Waals surface area contributed by atoms with Crippen molar-refractivity contribution in [2.24, 2.45) is 0 Å². The van der Waals surface area contributed by atoms with Crippen molar-refractivity contribution in [1.82, 2.24) is 0 Å². The fourth-order valence-electron chi connectivity index (χ4n) is 4.91. The van der Waals surface area contributed by atoms with Gasteiger partial charge in [0.15, 0.2) is 0 Å². The van der Waals surface area contributed by atoms with E-state index < -0.39 is 17.7 Å². The van der Waals surface area contributed by atoms with Gasteiger partial charge in [-0.1, -0.05) is 109 Å². The van der Waals surface area contributed by atoms with Crippen molar-refractivity contribution in [3.63, 3.8) is 0 Å². The molecule has 1 N–H and O–H groups in total. The Balaban J connectivity index is 1.40. The summed E-state index contributed by atoms with van der Waals surface area (Å²) in [6, 6.07) is 11.3. The molecule has 2 aromatic carbocycles. The topological polar surface area (TPSA) is 66.0 Å². The molecule has 0 unspecified atom stereocenters. The van der Waals surface area contributed by atoms with Crippen molar-refractivity contribution in [1.29, 1.82) is 0 Å². The van der Waals surface area contributed by atoms with Crippen LogP contribution in [-0.4, -0.2) is 52.2 Å². The minimum absolute atomic E-state index is 0.0407. The van der Waals surface area contributed by atoms with Gasteiger partial charge in [-0.3, -0.25) is 0 Å². The number of anilines is 2. The molecule has 45 heavy (non-hydrogen) atoms. The van der Waals surface area contributed by atoms with Crippen LogP contribution in [0, 0.1) is 0 Å². The first-order valence-corrected chi connectivity index (χ1v) is 16.9. The van der Waals surface area contributed by atoms with E-state index in [0.717, 1.165) is 25.2 Å². The molecule has 2 aromatic rings. The van der Waals surface area contributed by atoms with Crippen LogP contribution in [0.25, 0.3) is 0 Å². The summed E-state index contributed by atoms with van der Waals surface area (Å²) in [5, 5.41) is 2.88. The van der Waals surface area contributed by atoms with Crippen molar-refractivity contribution in [3.05, 3.63) is 59.7 Å². The number of hydrogen-bond acceptors (Lipinski definition) is 6. The Hall–Kier alpha value is -2.62. The highest BCUT2D eigenvalue weighted by atomic mass is 19.4. The van der Waals surface area contributed by atoms with Gasteiger partial charge in [0.2, 0.25) is 0 Å². The molecular weight excluding hydrogens is 583 g/mol. The molecule has 2 rings (SSSR count). The Bertz CT molecular complexity index is 1030. The monoisotopic (exact) mass is 637 g/mol. The molecule has 0 heterocycles. The normalized spacial score (nSPS) is 11.6. The Morgan fingerprint density at radius 3 is 1.71 bits per heavy atom. The van der Waals surface area contributed by atoms with Crippen LogP contribution in [0.3, 0.4) is 0 Å². The standard InChI is InChI=1S/C36H54F3NO5/c1-2-3-4-5-6-7-8-9-10-11-12-13-14-17-23-42-24-25-43-26-27-44-28-29-45-35(41)33-21-15-16-22-34(33)40-32-20-18-19-31(30-32)36(37,38)39/h15-16,18-22,30,40H,2-14,17,23-29H2,1H3. The van der Waals surface area contributed by atoms with E-state index in [1.54, 1.807) is 24.3 Å². The molecule has 0 aliphatic carbocycles. The lowest BCUT2D eigenvalue weighted by molar-refractivity contribution is -0.137. The number of benzene rings is 2. The first kappa shape index (κ1) is 38.6. The Kier molecular flexibility index (Phi) is 21.1. The Labute approximate surface area is 268 Å². The molecule has 0 spiro atoms. The zero-order valence-corrected chi connectivity index (χ0v) is 27.1. The first-order valence-electron chi connectivity index (χ1n) is 16.9. The maximum atomic E-state index is 13.0. The summed E-state index contributed by atoms with van der Waals surface area (Å²) >= 11 is 0. The van der Waals surface area contributed by atoms with Gasteiger partial charge in [0.1, 0.15) is 6.61 Å². The number of alkyl halides is 3. The van der Waals surface area contributed by atoms with E-state index in [0.29, 0.717) is 32.1 Å². The number of nitrogens with one attached hydrogen (secondary N) is 1. The summed E-state index contributed by atoms with van der Waals surface area (Å²) in [5.41, 5.74) is 0.00471. The average Bonchev–Trinajstić information content (AvgIpc) is 3.03. The molecule has 0 saturated carbocycles. The van der Waals surface area contributed by atoms with E-state index in [4.69, 9.17) is 18.9 Å². The number of rotatable bonds is 27. The van der Waals surface area contributed by atoms with Gasteiger partial charge in [-0.2, -0.15) is 13.2 Å². The number of carbonyl (C=O) groups is 1. The molecule has 0 fully saturated rings. The lowest BCUT2D eigenvalue weighted by Gasteiger charge is -2.13. The number of esters is 1. The van der Waals surface area contributed by atoms with Crippen LogP contribution in [0.2, 0.25) is 0 Å². The van der Waals surface area contributed by atoms with Crippen LogP contribution in [0.4, 0.5) is 24.5 Å². The molecule has 0 bridgehead atoms. The van der Waals surface area contributed by atoms with Crippen molar-refractivity contribution in [2.75, 3.05) is 51.6 Å². The van der Waals surface area contributed by atoms with Gasteiger partial charge < -0.3 is 24.3 Å². The summed E-state index contributed by atoms with van der Waals surface area (Å²) in [6.07, 6.45) is 14.3. The summed E-state index contributed by atoms with van der Waals surface area (Å²) in [6.45, 7) is 5.12. The third-order valence-electron chi connectivity index (χ3n) is 7.46. The fourth-order valence-corrected chi connectivity index (χ4v) is 4.91. The second-order valence-corrected chi connectivity index (χ2v) is 11.3. The maximum Gasteiger partial charge on any atom is 0.416 e. The van der Waals surface area contributed by atoms with Gasteiger partial charge in [-0.25, -0.2) is 4.79 Å². The molecule has 0 atom stereocenters. The number of ether oxygens (including phenoxy) is 4. The number of unbranched alkanes of at least 4 members (excludes halogenated alkanes) is 13. The SMILES string of the molecule is CCCCCCCCCCCCCCCCOCCOCCOCCOC(=O)c1ccccc1Nc1cccc(C(F)(F)F)c1. The van der Waals surface area contributed by atoms with E-state index in [1.165, 1.54) is 95.6 Å². The molecular formula is C36H54F3NO5. The highest BCUT2D eigenvalue weighted by Gasteiger charge is 2.30. The van der Waals surface area contributed by atoms with E-state index >= 15 is 0 Å². The number of halogens is 3. The lowest BCUT2D eigenvalue weighted by atomic mass is 10.0. The summed E-state index contributed by atoms with van der Waals surface area (Å²) in [7, 11) is 0. The fraction of sp³-hybridized carbons (Fsp3) is 0.639. The van der Waals surface area contributed by atoms with Gasteiger partial charge >= 0.3 is 12.1 Å². The Morgan fingerprint density at radius 1 is 0.622 bits per heavy atom. The zero-order chi connectivity index (χ0) is 32.4. The van der Waals surface area contributed by atoms with Gasteiger partial charge in [-0.15, -0.1) is 0 Å². The van der Waals surface area contributed by atoms with Crippen molar-refractivity contribution >= 4 is 17.3 Å². The molecule has 6 nitrogen and oxygen atoms in total. The Morgan fingerprint density at radius 2 is 1.13 bits per heavy atom. The van der Waals surface area contributed by atoms with Crippen LogP contribution in [0.15, 0.2) is 48.5 Å². The second-order valence-electron chi connectivity index (χ2n) is 11.3. The third-order valence-corrected chi connectivity index (χ3v) is 7.46. The van der Waals surface area contributed by atoms with Crippen molar-refractivity contribution in [2.45, 2.75) is 103 Å². The van der Waals surface area contributed by atoms with Gasteiger partial charge in [-0.05, 0) is 36.8 Å². The second kappa shape index (κ2) is 24.6. The van der Waals surface area contributed by atoms with Crippen LogP contribution in [0.1, 0.15) is 113 Å². The summed E-state index contributed by atoms with van der Waals surface area (Å²) in [5.74, 6) is -0.596. The van der Waals surface area contributed by atoms with Crippen LogP contribution in [-0.2, 0) is 25.1 Å². The molecule has 0 radical (unpaired) electrons. The number of carbonyl (C=O) groups excluding carboxylic acids is 1. The van der Waals surface area contributed by atoms with Crippen molar-refractivity contribution in [3.8, 4) is 0 Å². The molecule has 0 amide bonds. The van der Waals surface area contributed by atoms with E-state index in [-0.39, 0.29) is 24.5 Å². The lowest BCUT2D eigenvalue weighted by Crippen LogP contribution is -2.15. The molecule has 0 aliphatic rings. The van der Waals surface area contributed by atoms with Gasteiger partial charge in [0.25, 0.3) is 0 Å². The number of hydrogen-bond donors (Lipinski definition) is 1. The number of para-hydroxylation sites is 1. The maximum absolute atomic E-state index is 13.0. The summed E-state index contributed by atoms with van der Waals surface area (Å²) in [4.78, 5) is 12.6. The summed E-state index contributed by atoms with van der Waals surface area (Å²) < 4.78 is 61.0. The quantitative estimate of drug-likeness (QED) is 0.0777. The highest BCUT2D eigenvalue weighted by Crippen LogP contribution is 2.32. The molecule has 0 aliphatic heterocycles. The zero-order valence-electron chi connectivity index (χ0n) is 27.1. The van der Waals surface area contributed by atoms with Crippen LogP contribution < -0.4 is 5.32 Å². The predicted molar refractivity (Wildman–Crippen MR) is 174 cm³/mol. The minimum atomic E-state index is -4.46. The van der Waals surface area contributed by atoms with E-state index in [9.17, 15) is 18.0 Å². The van der Waals surface area contributed by atoms with Gasteiger partial charge in [0, 0.05) is 12.3 Å². The molecule has 254 valence electrons.